The normalized spacial score (nSPS) is 23.7. The molecule has 1 heterocycles. The van der Waals surface area contributed by atoms with E-state index >= 15 is 0 Å². The van der Waals surface area contributed by atoms with Gasteiger partial charge in [-0.05, 0) is 32.1 Å². The second kappa shape index (κ2) is 5.61. The van der Waals surface area contributed by atoms with Gasteiger partial charge in [-0.15, -0.1) is 0 Å². The summed E-state index contributed by atoms with van der Waals surface area (Å²) < 4.78 is 0. The van der Waals surface area contributed by atoms with Crippen molar-refractivity contribution in [3.63, 3.8) is 0 Å². The first-order valence-electron chi connectivity index (χ1n) is 6.74. The molecule has 1 atom stereocenters. The number of aliphatic hydroxyl groups is 1. The number of aromatic nitrogens is 2. The molecule has 1 aliphatic carbocycles. The van der Waals surface area contributed by atoms with Gasteiger partial charge in [-0.2, -0.15) is 0 Å². The molecule has 2 rings (SSSR count). The molecule has 1 saturated carbocycles. The Morgan fingerprint density at radius 3 is 2.63 bits per heavy atom. The molecule has 6 nitrogen and oxygen atoms in total. The summed E-state index contributed by atoms with van der Waals surface area (Å²) in [6.45, 7) is 3.78. The standard InChI is InChI=1S/C13H21N3O3/c1-3-11(8-4-9(17)5-8)14-12(18)6-10-7(2)15-16-13(10)19/h8-9,11,17H,3-6H2,1-2H3,(H,14,18)(H2,15,16,19)/t8?,9?,11-/m0/s1. The van der Waals surface area contributed by atoms with Crippen LogP contribution in [0.4, 0.5) is 0 Å². The van der Waals surface area contributed by atoms with Gasteiger partial charge in [0.25, 0.3) is 5.56 Å². The molecular formula is C13H21N3O3. The molecule has 0 radical (unpaired) electrons. The van der Waals surface area contributed by atoms with Gasteiger partial charge in [0.15, 0.2) is 0 Å². The van der Waals surface area contributed by atoms with E-state index in [-0.39, 0.29) is 30.0 Å². The summed E-state index contributed by atoms with van der Waals surface area (Å²) in [5.41, 5.74) is 0.952. The number of carbonyl (C=O) groups excluding carboxylic acids is 1. The Bertz CT molecular complexity index is 499. The Balaban J connectivity index is 1.91. The van der Waals surface area contributed by atoms with Crippen molar-refractivity contribution in [1.82, 2.24) is 15.5 Å². The summed E-state index contributed by atoms with van der Waals surface area (Å²) in [6, 6.07) is 0.0919. The van der Waals surface area contributed by atoms with Crippen LogP contribution in [0.15, 0.2) is 4.79 Å². The lowest BCUT2D eigenvalue weighted by Gasteiger charge is -2.37. The molecule has 19 heavy (non-hydrogen) atoms. The number of rotatable bonds is 5. The first-order valence-corrected chi connectivity index (χ1v) is 6.74. The van der Waals surface area contributed by atoms with Crippen LogP contribution in [0.5, 0.6) is 0 Å². The number of aromatic amines is 2. The molecule has 1 aliphatic rings. The molecule has 0 bridgehead atoms. The second-order valence-electron chi connectivity index (χ2n) is 5.33. The molecule has 1 aromatic heterocycles. The van der Waals surface area contributed by atoms with Crippen molar-refractivity contribution in [3.8, 4) is 0 Å². The van der Waals surface area contributed by atoms with Gasteiger partial charge in [0.2, 0.25) is 5.91 Å². The molecule has 0 saturated heterocycles. The van der Waals surface area contributed by atoms with Crippen LogP contribution in [-0.2, 0) is 11.2 Å². The molecule has 1 fully saturated rings. The van der Waals surface area contributed by atoms with Crippen molar-refractivity contribution >= 4 is 5.91 Å². The predicted molar refractivity (Wildman–Crippen MR) is 70.8 cm³/mol. The van der Waals surface area contributed by atoms with Crippen molar-refractivity contribution in [1.29, 1.82) is 0 Å². The highest BCUT2D eigenvalue weighted by atomic mass is 16.3. The largest absolute Gasteiger partial charge is 0.393 e. The smallest absolute Gasteiger partial charge is 0.267 e. The minimum atomic E-state index is -0.236. The Labute approximate surface area is 111 Å². The van der Waals surface area contributed by atoms with Crippen LogP contribution in [0.2, 0.25) is 0 Å². The van der Waals surface area contributed by atoms with E-state index < -0.39 is 0 Å². The molecule has 1 aromatic rings. The number of H-pyrrole nitrogens is 2. The molecular weight excluding hydrogens is 246 g/mol. The third kappa shape index (κ3) is 3.07. The average molecular weight is 267 g/mol. The van der Waals surface area contributed by atoms with Crippen molar-refractivity contribution < 1.29 is 9.90 Å². The summed E-state index contributed by atoms with van der Waals surface area (Å²) >= 11 is 0. The molecule has 0 aliphatic heterocycles. The average Bonchev–Trinajstić information content (AvgIpc) is 2.64. The van der Waals surface area contributed by atoms with Crippen molar-refractivity contribution in [3.05, 3.63) is 21.6 Å². The van der Waals surface area contributed by atoms with Crippen molar-refractivity contribution in [2.24, 2.45) is 5.92 Å². The molecule has 0 spiro atoms. The van der Waals surface area contributed by atoms with Crippen molar-refractivity contribution in [2.45, 2.75) is 51.7 Å². The Kier molecular flexibility index (Phi) is 4.09. The van der Waals surface area contributed by atoms with E-state index in [1.165, 1.54) is 0 Å². The monoisotopic (exact) mass is 267 g/mol. The summed E-state index contributed by atoms with van der Waals surface area (Å²) in [6.07, 6.45) is 2.22. The van der Waals surface area contributed by atoms with Gasteiger partial charge < -0.3 is 15.5 Å². The van der Waals surface area contributed by atoms with Gasteiger partial charge in [-0.3, -0.25) is 14.7 Å². The number of hydrogen-bond acceptors (Lipinski definition) is 3. The van der Waals surface area contributed by atoms with Gasteiger partial charge in [-0.25, -0.2) is 0 Å². The van der Waals surface area contributed by atoms with E-state index in [0.29, 0.717) is 17.2 Å². The molecule has 1 amide bonds. The summed E-state index contributed by atoms with van der Waals surface area (Å²) in [5, 5.41) is 17.5. The third-order valence-electron chi connectivity index (χ3n) is 3.93. The van der Waals surface area contributed by atoms with E-state index in [9.17, 15) is 14.7 Å². The van der Waals surface area contributed by atoms with Gasteiger partial charge in [-0.1, -0.05) is 6.92 Å². The topological polar surface area (TPSA) is 98.0 Å². The van der Waals surface area contributed by atoms with Crippen LogP contribution in [-0.4, -0.2) is 33.4 Å². The second-order valence-corrected chi connectivity index (χ2v) is 5.33. The van der Waals surface area contributed by atoms with Gasteiger partial charge in [0, 0.05) is 17.3 Å². The van der Waals surface area contributed by atoms with Crippen LogP contribution >= 0.6 is 0 Å². The lowest BCUT2D eigenvalue weighted by Crippen LogP contribution is -2.47. The van der Waals surface area contributed by atoms with Crippen LogP contribution in [0.3, 0.4) is 0 Å². The maximum absolute atomic E-state index is 12.0. The zero-order chi connectivity index (χ0) is 14.0. The van der Waals surface area contributed by atoms with E-state index in [1.54, 1.807) is 6.92 Å². The van der Waals surface area contributed by atoms with Crippen LogP contribution in [0, 0.1) is 12.8 Å². The van der Waals surface area contributed by atoms with Crippen LogP contribution < -0.4 is 10.9 Å². The minimum Gasteiger partial charge on any atom is -0.393 e. The number of amides is 1. The summed E-state index contributed by atoms with van der Waals surface area (Å²) in [4.78, 5) is 23.4. The summed E-state index contributed by atoms with van der Waals surface area (Å²) in [7, 11) is 0. The quantitative estimate of drug-likeness (QED) is 0.614. The third-order valence-corrected chi connectivity index (χ3v) is 3.93. The number of aliphatic hydroxyl groups excluding tert-OH is 1. The minimum absolute atomic E-state index is 0.0919. The van der Waals surface area contributed by atoms with E-state index in [4.69, 9.17) is 0 Å². The zero-order valence-corrected chi connectivity index (χ0v) is 11.3. The Morgan fingerprint density at radius 1 is 1.47 bits per heavy atom. The number of aryl methyl sites for hydroxylation is 1. The lowest BCUT2D eigenvalue weighted by atomic mass is 9.76. The summed E-state index contributed by atoms with van der Waals surface area (Å²) in [5.74, 6) is 0.219. The predicted octanol–water partition coefficient (Wildman–Crippen LogP) is 0.220. The molecule has 4 N–H and O–H groups in total. The Hall–Kier alpha value is -1.56. The molecule has 0 aromatic carbocycles. The highest BCUT2D eigenvalue weighted by Gasteiger charge is 2.33. The van der Waals surface area contributed by atoms with Gasteiger partial charge >= 0.3 is 0 Å². The molecule has 6 heteroatoms. The molecule has 106 valence electrons. The molecule has 0 unspecified atom stereocenters. The van der Waals surface area contributed by atoms with Crippen molar-refractivity contribution in [2.75, 3.05) is 0 Å². The fourth-order valence-corrected chi connectivity index (χ4v) is 2.61. The number of nitrogens with one attached hydrogen (secondary N) is 3. The van der Waals surface area contributed by atoms with Gasteiger partial charge in [0.1, 0.15) is 0 Å². The van der Waals surface area contributed by atoms with E-state index in [2.05, 4.69) is 15.5 Å². The maximum atomic E-state index is 12.0. The lowest BCUT2D eigenvalue weighted by molar-refractivity contribution is -0.122. The van der Waals surface area contributed by atoms with Gasteiger partial charge in [0.05, 0.1) is 12.5 Å². The SMILES string of the molecule is CC[C@H](NC(=O)Cc1c(C)[nH][nH]c1=O)C1CC(O)C1. The fraction of sp³-hybridized carbons (Fsp3) is 0.692. The number of hydrogen-bond donors (Lipinski definition) is 4. The van der Waals surface area contributed by atoms with E-state index in [0.717, 1.165) is 19.3 Å². The Morgan fingerprint density at radius 2 is 2.16 bits per heavy atom. The first kappa shape index (κ1) is 13.9. The van der Waals surface area contributed by atoms with Crippen LogP contribution in [0.25, 0.3) is 0 Å². The number of carbonyl (C=O) groups is 1. The zero-order valence-electron chi connectivity index (χ0n) is 11.3. The highest BCUT2D eigenvalue weighted by Crippen LogP contribution is 2.31. The fourth-order valence-electron chi connectivity index (χ4n) is 2.61. The van der Waals surface area contributed by atoms with E-state index in [1.807, 2.05) is 6.92 Å². The van der Waals surface area contributed by atoms with Crippen LogP contribution in [0.1, 0.15) is 37.4 Å². The highest BCUT2D eigenvalue weighted by molar-refractivity contribution is 5.79. The first-order chi connectivity index (χ1) is 9.01. The maximum Gasteiger partial charge on any atom is 0.267 e.